The van der Waals surface area contributed by atoms with Crippen LogP contribution in [0.4, 0.5) is 0 Å². The minimum absolute atomic E-state index is 0.277. The Bertz CT molecular complexity index is 453. The third kappa shape index (κ3) is 2.32. The van der Waals surface area contributed by atoms with Gasteiger partial charge in [0.1, 0.15) is 0 Å². The molecule has 0 aliphatic carbocycles. The highest BCUT2D eigenvalue weighted by Gasteiger charge is 2.10. The molecule has 0 aromatic heterocycles. The Morgan fingerprint density at radius 1 is 0.938 bits per heavy atom. The average Bonchev–Trinajstić information content (AvgIpc) is 2.39. The predicted octanol–water partition coefficient (Wildman–Crippen LogP) is 2.21. The fraction of sp³-hybridized carbons (Fsp3) is 0.143. The lowest BCUT2D eigenvalue weighted by atomic mass is 10.2. The third-order valence-corrected chi connectivity index (χ3v) is 4.95. The summed E-state index contributed by atoms with van der Waals surface area (Å²) in [6, 6.07) is 19.1. The highest BCUT2D eigenvalue weighted by Crippen LogP contribution is 2.29. The van der Waals surface area contributed by atoms with E-state index in [0.717, 1.165) is 0 Å². The van der Waals surface area contributed by atoms with Gasteiger partial charge in [-0.2, -0.15) is 0 Å². The molecule has 82 valence electrons. The molecule has 0 aliphatic heterocycles. The fourth-order valence-corrected chi connectivity index (χ4v) is 3.61. The molecular weight excluding hydrogens is 213 g/mol. The van der Waals surface area contributed by atoms with Crippen molar-refractivity contribution in [3.8, 4) is 0 Å². The van der Waals surface area contributed by atoms with Crippen molar-refractivity contribution in [3.63, 3.8) is 0 Å². The average molecular weight is 229 g/mol. The van der Waals surface area contributed by atoms with E-state index in [1.165, 1.54) is 16.2 Å². The number of benzene rings is 2. The van der Waals surface area contributed by atoms with E-state index in [0.29, 0.717) is 6.54 Å². The van der Waals surface area contributed by atoms with Crippen molar-refractivity contribution in [2.75, 3.05) is 6.66 Å². The SMILES string of the molecule is CP(c1ccccc1)c1ccccc1CN. The second-order valence-corrected chi connectivity index (χ2v) is 5.84. The molecule has 16 heavy (non-hydrogen) atoms. The molecular formula is C14H16NP. The molecule has 2 rings (SSSR count). The summed E-state index contributed by atoms with van der Waals surface area (Å²) in [7, 11) is -0.277. The van der Waals surface area contributed by atoms with E-state index >= 15 is 0 Å². The molecule has 2 aromatic rings. The molecule has 0 fully saturated rings. The monoisotopic (exact) mass is 229 g/mol. The molecule has 2 heteroatoms. The predicted molar refractivity (Wildman–Crippen MR) is 72.9 cm³/mol. The van der Waals surface area contributed by atoms with Gasteiger partial charge in [0, 0.05) is 6.54 Å². The molecule has 0 saturated heterocycles. The van der Waals surface area contributed by atoms with Crippen LogP contribution >= 0.6 is 7.92 Å². The lowest BCUT2D eigenvalue weighted by Gasteiger charge is -2.16. The summed E-state index contributed by atoms with van der Waals surface area (Å²) in [5, 5.41) is 2.80. The standard InChI is InChI=1S/C14H16NP/c1-16(13-8-3-2-4-9-13)14-10-6-5-7-12(14)11-15/h2-10H,11,15H2,1H3. The Labute approximate surface area is 98.1 Å². The molecule has 2 aromatic carbocycles. The quantitative estimate of drug-likeness (QED) is 0.802. The van der Waals surface area contributed by atoms with Crippen molar-refractivity contribution in [1.29, 1.82) is 0 Å². The zero-order valence-electron chi connectivity index (χ0n) is 9.43. The molecule has 1 unspecified atom stereocenters. The molecule has 0 amide bonds. The summed E-state index contributed by atoms with van der Waals surface area (Å²) < 4.78 is 0. The summed E-state index contributed by atoms with van der Waals surface area (Å²) in [5.41, 5.74) is 7.04. The van der Waals surface area contributed by atoms with Crippen molar-refractivity contribution in [1.82, 2.24) is 0 Å². The molecule has 1 nitrogen and oxygen atoms in total. The van der Waals surface area contributed by atoms with Gasteiger partial charge in [-0.1, -0.05) is 54.6 Å². The molecule has 0 heterocycles. The molecule has 0 radical (unpaired) electrons. The molecule has 1 atom stereocenters. The van der Waals surface area contributed by atoms with Crippen molar-refractivity contribution in [3.05, 3.63) is 60.2 Å². The first-order valence-electron chi connectivity index (χ1n) is 5.39. The van der Waals surface area contributed by atoms with Crippen molar-refractivity contribution in [2.24, 2.45) is 5.73 Å². The largest absolute Gasteiger partial charge is 0.326 e. The second kappa shape index (κ2) is 5.25. The van der Waals surface area contributed by atoms with Crippen molar-refractivity contribution < 1.29 is 0 Å². The van der Waals surface area contributed by atoms with E-state index in [1.54, 1.807) is 0 Å². The lowest BCUT2D eigenvalue weighted by Crippen LogP contribution is -2.17. The molecule has 0 saturated carbocycles. The minimum atomic E-state index is -0.277. The summed E-state index contributed by atoms with van der Waals surface area (Å²) in [6.07, 6.45) is 0. The van der Waals surface area contributed by atoms with Crippen molar-refractivity contribution >= 4 is 18.5 Å². The minimum Gasteiger partial charge on any atom is -0.326 e. The van der Waals surface area contributed by atoms with Crippen LogP contribution in [-0.2, 0) is 6.54 Å². The zero-order valence-corrected chi connectivity index (χ0v) is 10.3. The normalized spacial score (nSPS) is 12.4. The molecule has 0 spiro atoms. The van der Waals surface area contributed by atoms with Crippen LogP contribution in [0, 0.1) is 0 Å². The number of nitrogens with two attached hydrogens (primary N) is 1. The van der Waals surface area contributed by atoms with Crippen LogP contribution in [0.5, 0.6) is 0 Å². The molecule has 0 aliphatic rings. The number of rotatable bonds is 3. The summed E-state index contributed by atoms with van der Waals surface area (Å²) in [5.74, 6) is 0. The van der Waals surface area contributed by atoms with Gasteiger partial charge in [-0.3, -0.25) is 0 Å². The van der Waals surface area contributed by atoms with Crippen LogP contribution in [0.25, 0.3) is 0 Å². The van der Waals surface area contributed by atoms with E-state index in [-0.39, 0.29) is 7.92 Å². The first kappa shape index (κ1) is 11.3. The van der Waals surface area contributed by atoms with Gasteiger partial charge >= 0.3 is 0 Å². The topological polar surface area (TPSA) is 26.0 Å². The Balaban J connectivity index is 2.37. The van der Waals surface area contributed by atoms with Crippen LogP contribution < -0.4 is 16.3 Å². The highest BCUT2D eigenvalue weighted by atomic mass is 31.1. The van der Waals surface area contributed by atoms with Gasteiger partial charge in [-0.25, -0.2) is 0 Å². The number of hydrogen-bond donors (Lipinski definition) is 1. The Morgan fingerprint density at radius 3 is 2.25 bits per heavy atom. The smallest absolute Gasteiger partial charge is 0.0184 e. The van der Waals surface area contributed by atoms with E-state index in [4.69, 9.17) is 5.73 Å². The highest BCUT2D eigenvalue weighted by molar-refractivity contribution is 7.72. The first-order valence-corrected chi connectivity index (χ1v) is 7.18. The first-order chi connectivity index (χ1) is 7.83. The van der Waals surface area contributed by atoms with Gasteiger partial charge in [-0.15, -0.1) is 0 Å². The van der Waals surface area contributed by atoms with Gasteiger partial charge in [0.25, 0.3) is 0 Å². The Kier molecular flexibility index (Phi) is 3.71. The van der Waals surface area contributed by atoms with Gasteiger partial charge in [0.05, 0.1) is 0 Å². The Hall–Kier alpha value is -1.17. The summed E-state index contributed by atoms with van der Waals surface area (Å²) in [6.45, 7) is 2.91. The van der Waals surface area contributed by atoms with Crippen LogP contribution in [0.2, 0.25) is 0 Å². The maximum Gasteiger partial charge on any atom is 0.0184 e. The van der Waals surface area contributed by atoms with E-state index in [1.807, 2.05) is 0 Å². The summed E-state index contributed by atoms with van der Waals surface area (Å²) in [4.78, 5) is 0. The fourth-order valence-electron chi connectivity index (χ4n) is 1.80. The van der Waals surface area contributed by atoms with E-state index in [2.05, 4.69) is 61.3 Å². The Morgan fingerprint density at radius 2 is 1.56 bits per heavy atom. The second-order valence-electron chi connectivity index (χ2n) is 3.73. The maximum atomic E-state index is 5.78. The number of hydrogen-bond acceptors (Lipinski definition) is 1. The van der Waals surface area contributed by atoms with Crippen LogP contribution in [-0.4, -0.2) is 6.66 Å². The van der Waals surface area contributed by atoms with Crippen LogP contribution in [0.15, 0.2) is 54.6 Å². The van der Waals surface area contributed by atoms with Crippen LogP contribution in [0.3, 0.4) is 0 Å². The lowest BCUT2D eigenvalue weighted by molar-refractivity contribution is 1.08. The van der Waals surface area contributed by atoms with E-state index < -0.39 is 0 Å². The molecule has 0 bridgehead atoms. The van der Waals surface area contributed by atoms with Gasteiger partial charge < -0.3 is 5.73 Å². The van der Waals surface area contributed by atoms with Crippen molar-refractivity contribution in [2.45, 2.75) is 6.54 Å². The van der Waals surface area contributed by atoms with Gasteiger partial charge in [0.15, 0.2) is 0 Å². The maximum absolute atomic E-state index is 5.78. The van der Waals surface area contributed by atoms with Crippen LogP contribution in [0.1, 0.15) is 5.56 Å². The third-order valence-electron chi connectivity index (χ3n) is 2.72. The van der Waals surface area contributed by atoms with Gasteiger partial charge in [-0.05, 0) is 30.8 Å². The molecule has 2 N–H and O–H groups in total. The zero-order chi connectivity index (χ0) is 11.4. The summed E-state index contributed by atoms with van der Waals surface area (Å²) >= 11 is 0. The van der Waals surface area contributed by atoms with Gasteiger partial charge in [0.2, 0.25) is 0 Å². The van der Waals surface area contributed by atoms with E-state index in [9.17, 15) is 0 Å².